The quantitative estimate of drug-likeness (QED) is 0.395. The van der Waals surface area contributed by atoms with Gasteiger partial charge in [-0.05, 0) is 0 Å². The number of carbonyl (C=O) groups is 1. The lowest BCUT2D eigenvalue weighted by Gasteiger charge is -1.96. The van der Waals surface area contributed by atoms with Crippen molar-refractivity contribution >= 4 is 12.2 Å². The highest BCUT2D eigenvalue weighted by atomic mass is 16.2. The van der Waals surface area contributed by atoms with Gasteiger partial charge in [0.15, 0.2) is 6.34 Å². The Hall–Kier alpha value is -0.860. The molecule has 0 saturated carbocycles. The van der Waals surface area contributed by atoms with E-state index in [9.17, 15) is 4.79 Å². The minimum absolute atomic E-state index is 0.236. The highest BCUT2D eigenvalue weighted by Crippen LogP contribution is 1.93. The van der Waals surface area contributed by atoms with Crippen LogP contribution in [-0.4, -0.2) is 24.2 Å². The Balaban J connectivity index is 2.62. The molecular formula is C4H3N2O. The molecule has 3 heteroatoms. The summed E-state index contributed by atoms with van der Waals surface area (Å²) in [5, 5.41) is 0. The maximum atomic E-state index is 10.2. The third-order valence-electron chi connectivity index (χ3n) is 0.656. The van der Waals surface area contributed by atoms with Crippen molar-refractivity contribution in [2.75, 3.05) is 7.05 Å². The minimum Gasteiger partial charge on any atom is -0.295 e. The zero-order chi connectivity index (χ0) is 5.28. The zero-order valence-electron chi connectivity index (χ0n) is 3.80. The van der Waals surface area contributed by atoms with E-state index in [2.05, 4.69) is 17.9 Å². The molecule has 0 unspecified atom stereocenters. The molecule has 0 aromatic carbocycles. The van der Waals surface area contributed by atoms with E-state index in [1.807, 2.05) is 0 Å². The van der Waals surface area contributed by atoms with Crippen LogP contribution in [0.4, 0.5) is 0 Å². The van der Waals surface area contributed by atoms with Gasteiger partial charge in [0.2, 0.25) is 6.54 Å². The number of hydrogen-bond acceptors (Lipinski definition) is 2. The van der Waals surface area contributed by atoms with Gasteiger partial charge in [0.05, 0.1) is 0 Å². The summed E-state index contributed by atoms with van der Waals surface area (Å²) >= 11 is 0. The van der Waals surface area contributed by atoms with Gasteiger partial charge < -0.3 is 0 Å². The van der Waals surface area contributed by atoms with E-state index in [4.69, 9.17) is 0 Å². The maximum Gasteiger partial charge on any atom is 0.262 e. The molecule has 0 aromatic rings. The van der Waals surface area contributed by atoms with Gasteiger partial charge in [-0.3, -0.25) is 9.69 Å². The van der Waals surface area contributed by atoms with E-state index in [0.29, 0.717) is 0 Å². The Morgan fingerprint density at radius 3 is 2.71 bits per heavy atom. The fourth-order valence-corrected chi connectivity index (χ4v) is 0.268. The van der Waals surface area contributed by atoms with Gasteiger partial charge >= 0.3 is 0 Å². The maximum absolute atomic E-state index is 10.2. The molecule has 0 N–H and O–H groups in total. The van der Waals surface area contributed by atoms with Gasteiger partial charge in [-0.25, -0.2) is 4.99 Å². The van der Waals surface area contributed by atoms with E-state index in [-0.39, 0.29) is 5.91 Å². The van der Waals surface area contributed by atoms with Crippen LogP contribution in [0.15, 0.2) is 4.99 Å². The van der Waals surface area contributed by atoms with Crippen molar-refractivity contribution in [3.63, 3.8) is 0 Å². The Morgan fingerprint density at radius 1 is 1.86 bits per heavy atom. The van der Waals surface area contributed by atoms with Crippen molar-refractivity contribution in [2.24, 2.45) is 4.99 Å². The number of amides is 1. The second kappa shape index (κ2) is 1.33. The average molecular weight is 95.1 g/mol. The molecule has 1 heterocycles. The van der Waals surface area contributed by atoms with Crippen LogP contribution in [0.25, 0.3) is 0 Å². The number of carbonyl (C=O) groups excluding carboxylic acids is 1. The molecule has 0 aliphatic carbocycles. The molecule has 0 saturated heterocycles. The van der Waals surface area contributed by atoms with Crippen LogP contribution in [0, 0.1) is 6.54 Å². The molecular weight excluding hydrogens is 92.1 g/mol. The molecule has 3 nitrogen and oxygen atoms in total. The van der Waals surface area contributed by atoms with Gasteiger partial charge in [0.25, 0.3) is 5.91 Å². The lowest BCUT2D eigenvalue weighted by molar-refractivity contribution is -0.122. The molecule has 0 atom stereocenters. The lowest BCUT2D eigenvalue weighted by atomic mass is 10.6. The van der Waals surface area contributed by atoms with Crippen molar-refractivity contribution in [1.29, 1.82) is 0 Å². The molecule has 0 bridgehead atoms. The summed E-state index contributed by atoms with van der Waals surface area (Å²) in [7, 11) is 1.58. The fraction of sp³-hybridized carbons (Fsp3) is 0.250. The molecule has 0 aromatic heterocycles. The second-order valence-electron chi connectivity index (χ2n) is 1.19. The van der Waals surface area contributed by atoms with Crippen LogP contribution in [-0.2, 0) is 4.79 Å². The first kappa shape index (κ1) is 4.30. The van der Waals surface area contributed by atoms with Crippen molar-refractivity contribution in [3.05, 3.63) is 6.54 Å². The predicted octanol–water partition coefficient (Wildman–Crippen LogP) is -0.598. The van der Waals surface area contributed by atoms with Crippen molar-refractivity contribution in [2.45, 2.75) is 0 Å². The largest absolute Gasteiger partial charge is 0.295 e. The normalized spacial score (nSPS) is 19.0. The third-order valence-corrected chi connectivity index (χ3v) is 0.656. The number of likely N-dealkylation sites (N-methyl/N-ethyl adjacent to an activating group) is 1. The van der Waals surface area contributed by atoms with Gasteiger partial charge in [0, 0.05) is 7.05 Å². The smallest absolute Gasteiger partial charge is 0.262 e. The predicted molar refractivity (Wildman–Crippen MR) is 23.4 cm³/mol. The first-order chi connectivity index (χ1) is 3.30. The SMILES string of the molecule is CN1[C]=N[C]C1=O. The monoisotopic (exact) mass is 95.0 g/mol. The number of nitrogens with zero attached hydrogens (tertiary/aromatic N) is 2. The van der Waals surface area contributed by atoms with E-state index in [1.54, 1.807) is 7.05 Å². The third kappa shape index (κ3) is 0.607. The summed E-state index contributed by atoms with van der Waals surface area (Å²) in [5.41, 5.74) is 0. The van der Waals surface area contributed by atoms with Gasteiger partial charge in [0.1, 0.15) is 0 Å². The topological polar surface area (TPSA) is 32.7 Å². The van der Waals surface area contributed by atoms with Crippen molar-refractivity contribution in [1.82, 2.24) is 4.90 Å². The molecule has 35 valence electrons. The van der Waals surface area contributed by atoms with Crippen molar-refractivity contribution in [3.8, 4) is 0 Å². The summed E-state index contributed by atoms with van der Waals surface area (Å²) in [4.78, 5) is 14.8. The first-order valence-corrected chi connectivity index (χ1v) is 1.80. The van der Waals surface area contributed by atoms with E-state index in [0.717, 1.165) is 0 Å². The molecule has 1 aliphatic heterocycles. The second-order valence-corrected chi connectivity index (χ2v) is 1.19. The standard InChI is InChI=1S/C4H3N2O/c1-6-3-5-2-4(6)7/h1H3. The highest BCUT2D eigenvalue weighted by molar-refractivity contribution is 5.98. The first-order valence-electron chi connectivity index (χ1n) is 1.80. The Morgan fingerprint density at radius 2 is 2.57 bits per heavy atom. The zero-order valence-corrected chi connectivity index (χ0v) is 3.80. The molecule has 7 heavy (non-hydrogen) atoms. The lowest BCUT2D eigenvalue weighted by Crippen LogP contribution is -2.18. The summed E-state index contributed by atoms with van der Waals surface area (Å²) in [6.07, 6.45) is 2.37. The van der Waals surface area contributed by atoms with Crippen LogP contribution in [0.1, 0.15) is 0 Å². The Bertz CT molecular complexity index is 119. The molecule has 0 spiro atoms. The molecule has 3 radical (unpaired) electrons. The molecule has 1 amide bonds. The van der Waals surface area contributed by atoms with Gasteiger partial charge in [-0.1, -0.05) is 0 Å². The van der Waals surface area contributed by atoms with E-state index >= 15 is 0 Å². The summed E-state index contributed by atoms with van der Waals surface area (Å²) < 4.78 is 0. The summed E-state index contributed by atoms with van der Waals surface area (Å²) in [6.45, 7) is 2.17. The number of hydrogen-bond donors (Lipinski definition) is 0. The van der Waals surface area contributed by atoms with Crippen LogP contribution >= 0.6 is 0 Å². The van der Waals surface area contributed by atoms with Gasteiger partial charge in [-0.15, -0.1) is 0 Å². The number of rotatable bonds is 0. The summed E-state index contributed by atoms with van der Waals surface area (Å²) in [6, 6.07) is 0. The van der Waals surface area contributed by atoms with Crippen molar-refractivity contribution < 1.29 is 4.79 Å². The fourth-order valence-electron chi connectivity index (χ4n) is 0.268. The van der Waals surface area contributed by atoms with Gasteiger partial charge in [-0.2, -0.15) is 0 Å². The Labute approximate surface area is 41.6 Å². The van der Waals surface area contributed by atoms with E-state index in [1.165, 1.54) is 4.90 Å². The highest BCUT2D eigenvalue weighted by Gasteiger charge is 2.12. The van der Waals surface area contributed by atoms with Crippen LogP contribution in [0.2, 0.25) is 0 Å². The van der Waals surface area contributed by atoms with Crippen LogP contribution in [0.3, 0.4) is 0 Å². The van der Waals surface area contributed by atoms with Crippen LogP contribution < -0.4 is 0 Å². The molecule has 0 fully saturated rings. The minimum atomic E-state index is -0.236. The average Bonchev–Trinajstić information content (AvgIpc) is 1.91. The molecule has 1 rings (SSSR count). The summed E-state index contributed by atoms with van der Waals surface area (Å²) in [5.74, 6) is -0.236. The van der Waals surface area contributed by atoms with E-state index < -0.39 is 0 Å². The Kier molecular flexibility index (Phi) is 0.817. The van der Waals surface area contributed by atoms with Crippen LogP contribution in [0.5, 0.6) is 0 Å². The molecule has 1 aliphatic rings. The number of aliphatic imine (C=N–C) groups is 1.